The van der Waals surface area contributed by atoms with E-state index in [4.69, 9.17) is 11.6 Å². The largest absolute Gasteiger partial charge is 0.354 e. The van der Waals surface area contributed by atoms with Crippen LogP contribution in [0.5, 0.6) is 0 Å². The van der Waals surface area contributed by atoms with Crippen molar-refractivity contribution in [3.63, 3.8) is 0 Å². The number of aromatic nitrogens is 4. The molecule has 1 N–H and O–H groups in total. The quantitative estimate of drug-likeness (QED) is 0.678. The molecule has 2 aromatic carbocycles. The lowest BCUT2D eigenvalue weighted by atomic mass is 10.0. The maximum Gasteiger partial charge on any atom is 0.243 e. The van der Waals surface area contributed by atoms with E-state index in [-0.39, 0.29) is 12.5 Å². The third-order valence-electron chi connectivity index (χ3n) is 4.22. The average molecular weight is 384 g/mol. The molecule has 0 saturated carbocycles. The second-order valence-corrected chi connectivity index (χ2v) is 7.08. The molecule has 140 valence electrons. The van der Waals surface area contributed by atoms with Gasteiger partial charge in [0.1, 0.15) is 6.54 Å². The van der Waals surface area contributed by atoms with E-state index in [2.05, 4.69) is 46.7 Å². The number of nitrogens with zero attached hydrogens (tertiary/aromatic N) is 4. The van der Waals surface area contributed by atoms with Crippen molar-refractivity contribution >= 4 is 17.5 Å². The van der Waals surface area contributed by atoms with E-state index in [0.717, 1.165) is 17.5 Å². The normalized spacial score (nSPS) is 11.0. The van der Waals surface area contributed by atoms with Gasteiger partial charge in [-0.15, -0.1) is 10.2 Å². The van der Waals surface area contributed by atoms with Crippen LogP contribution in [0.2, 0.25) is 5.02 Å². The summed E-state index contributed by atoms with van der Waals surface area (Å²) in [6.07, 6.45) is 0.737. The Hall–Kier alpha value is -2.73. The Morgan fingerprint density at radius 2 is 1.81 bits per heavy atom. The van der Waals surface area contributed by atoms with Gasteiger partial charge in [-0.25, -0.2) is 0 Å². The van der Waals surface area contributed by atoms with Crippen molar-refractivity contribution in [2.75, 3.05) is 6.54 Å². The van der Waals surface area contributed by atoms with Crippen LogP contribution < -0.4 is 5.32 Å². The van der Waals surface area contributed by atoms with Gasteiger partial charge >= 0.3 is 0 Å². The number of benzene rings is 2. The Kier molecular flexibility index (Phi) is 6.19. The number of halogens is 1. The zero-order valence-electron chi connectivity index (χ0n) is 15.4. The van der Waals surface area contributed by atoms with Crippen molar-refractivity contribution in [2.45, 2.75) is 32.7 Å². The van der Waals surface area contributed by atoms with E-state index in [0.29, 0.717) is 23.3 Å². The average Bonchev–Trinajstić information content (AvgIpc) is 3.12. The molecule has 0 aliphatic carbocycles. The minimum Gasteiger partial charge on any atom is -0.354 e. The minimum atomic E-state index is -0.150. The van der Waals surface area contributed by atoms with Crippen molar-refractivity contribution in [1.82, 2.24) is 25.5 Å². The van der Waals surface area contributed by atoms with Crippen LogP contribution in [-0.4, -0.2) is 32.7 Å². The van der Waals surface area contributed by atoms with Gasteiger partial charge in [0.05, 0.1) is 0 Å². The van der Waals surface area contributed by atoms with Crippen LogP contribution in [0.25, 0.3) is 11.4 Å². The molecule has 0 bridgehead atoms. The van der Waals surface area contributed by atoms with E-state index in [1.165, 1.54) is 10.4 Å². The molecule has 0 aliphatic heterocycles. The molecule has 0 radical (unpaired) electrons. The summed E-state index contributed by atoms with van der Waals surface area (Å²) >= 11 is 5.86. The molecule has 3 rings (SSSR count). The Morgan fingerprint density at radius 3 is 2.48 bits per heavy atom. The maximum atomic E-state index is 12.1. The first kappa shape index (κ1) is 19.0. The zero-order chi connectivity index (χ0) is 19.2. The number of carbonyl (C=O) groups excluding carboxylic acids is 1. The first-order valence-corrected chi connectivity index (χ1v) is 9.28. The Morgan fingerprint density at radius 1 is 1.11 bits per heavy atom. The molecule has 0 fully saturated rings. The van der Waals surface area contributed by atoms with Crippen molar-refractivity contribution in [3.05, 3.63) is 64.7 Å². The predicted molar refractivity (Wildman–Crippen MR) is 106 cm³/mol. The fourth-order valence-corrected chi connectivity index (χ4v) is 2.75. The summed E-state index contributed by atoms with van der Waals surface area (Å²) in [5.41, 5.74) is 3.26. The van der Waals surface area contributed by atoms with Gasteiger partial charge in [0.25, 0.3) is 0 Å². The monoisotopic (exact) mass is 383 g/mol. The first-order chi connectivity index (χ1) is 13.0. The van der Waals surface area contributed by atoms with E-state index < -0.39 is 0 Å². The third kappa shape index (κ3) is 5.37. The van der Waals surface area contributed by atoms with Crippen LogP contribution in [0.1, 0.15) is 30.9 Å². The van der Waals surface area contributed by atoms with Gasteiger partial charge in [-0.1, -0.05) is 61.8 Å². The highest BCUT2D eigenvalue weighted by atomic mass is 35.5. The van der Waals surface area contributed by atoms with Crippen molar-refractivity contribution in [2.24, 2.45) is 0 Å². The molecule has 0 unspecified atom stereocenters. The highest BCUT2D eigenvalue weighted by Gasteiger charge is 2.09. The number of carbonyl (C=O) groups is 1. The lowest BCUT2D eigenvalue weighted by Gasteiger charge is -2.05. The Balaban J connectivity index is 1.50. The van der Waals surface area contributed by atoms with Gasteiger partial charge in [-0.3, -0.25) is 4.79 Å². The molecule has 0 atom stereocenters. The van der Waals surface area contributed by atoms with E-state index in [1.807, 2.05) is 36.4 Å². The molecule has 0 saturated heterocycles. The lowest BCUT2D eigenvalue weighted by Crippen LogP contribution is -2.30. The number of amides is 1. The molecule has 1 aromatic heterocycles. The smallest absolute Gasteiger partial charge is 0.243 e. The molecule has 0 spiro atoms. The van der Waals surface area contributed by atoms with Crippen LogP contribution in [0.3, 0.4) is 0 Å². The summed E-state index contributed by atoms with van der Waals surface area (Å²) in [7, 11) is 0. The van der Waals surface area contributed by atoms with Crippen LogP contribution in [0.4, 0.5) is 0 Å². The molecule has 7 heteroatoms. The number of tetrazole rings is 1. The third-order valence-corrected chi connectivity index (χ3v) is 4.47. The van der Waals surface area contributed by atoms with Crippen LogP contribution >= 0.6 is 11.6 Å². The summed E-state index contributed by atoms with van der Waals surface area (Å²) in [5.74, 6) is 0.835. The Labute approximate surface area is 163 Å². The fraction of sp³-hybridized carbons (Fsp3) is 0.300. The SMILES string of the molecule is CC(C)c1ccc(-c2nnn(CC(=O)NCCc3ccc(Cl)cc3)n2)cc1. The van der Waals surface area contributed by atoms with E-state index in [1.54, 1.807) is 0 Å². The van der Waals surface area contributed by atoms with Gasteiger partial charge in [-0.2, -0.15) is 4.80 Å². The van der Waals surface area contributed by atoms with Crippen molar-refractivity contribution in [3.8, 4) is 11.4 Å². The minimum absolute atomic E-state index is 0.0394. The summed E-state index contributed by atoms with van der Waals surface area (Å²) in [6, 6.07) is 15.6. The number of rotatable bonds is 7. The Bertz CT molecular complexity index is 887. The summed E-state index contributed by atoms with van der Waals surface area (Å²) in [5, 5.41) is 15.9. The first-order valence-electron chi connectivity index (χ1n) is 8.90. The highest BCUT2D eigenvalue weighted by molar-refractivity contribution is 6.30. The summed E-state index contributed by atoms with van der Waals surface area (Å²) in [6.45, 7) is 4.88. The highest BCUT2D eigenvalue weighted by Crippen LogP contribution is 2.19. The molecule has 27 heavy (non-hydrogen) atoms. The van der Waals surface area contributed by atoms with E-state index >= 15 is 0 Å². The summed E-state index contributed by atoms with van der Waals surface area (Å²) < 4.78 is 0. The summed E-state index contributed by atoms with van der Waals surface area (Å²) in [4.78, 5) is 13.4. The number of nitrogens with one attached hydrogen (secondary N) is 1. The zero-order valence-corrected chi connectivity index (χ0v) is 16.1. The van der Waals surface area contributed by atoms with Crippen LogP contribution in [-0.2, 0) is 17.8 Å². The van der Waals surface area contributed by atoms with Gasteiger partial charge < -0.3 is 5.32 Å². The van der Waals surface area contributed by atoms with Crippen molar-refractivity contribution < 1.29 is 4.79 Å². The number of hydrogen-bond acceptors (Lipinski definition) is 4. The molecule has 0 aliphatic rings. The van der Waals surface area contributed by atoms with Gasteiger partial charge in [-0.05, 0) is 40.8 Å². The van der Waals surface area contributed by atoms with Gasteiger partial charge in [0, 0.05) is 17.1 Å². The topological polar surface area (TPSA) is 72.7 Å². The van der Waals surface area contributed by atoms with E-state index in [9.17, 15) is 4.79 Å². The van der Waals surface area contributed by atoms with Crippen LogP contribution in [0.15, 0.2) is 48.5 Å². The molecule has 1 heterocycles. The van der Waals surface area contributed by atoms with Gasteiger partial charge in [0.15, 0.2) is 0 Å². The standard InChI is InChI=1S/C20H22ClN5O/c1-14(2)16-5-7-17(8-6-16)20-23-25-26(24-20)13-19(27)22-12-11-15-3-9-18(21)10-4-15/h3-10,14H,11-13H2,1-2H3,(H,22,27). The maximum absolute atomic E-state index is 12.1. The lowest BCUT2D eigenvalue weighted by molar-refractivity contribution is -0.122. The second kappa shape index (κ2) is 8.77. The molecular formula is C20H22ClN5O. The van der Waals surface area contributed by atoms with Gasteiger partial charge in [0.2, 0.25) is 11.7 Å². The second-order valence-electron chi connectivity index (χ2n) is 6.65. The van der Waals surface area contributed by atoms with Crippen LogP contribution in [0, 0.1) is 0 Å². The molecule has 6 nitrogen and oxygen atoms in total. The molecule has 3 aromatic rings. The molecule has 1 amide bonds. The fourth-order valence-electron chi connectivity index (χ4n) is 2.62. The van der Waals surface area contributed by atoms with Crippen molar-refractivity contribution in [1.29, 1.82) is 0 Å². The molecular weight excluding hydrogens is 362 g/mol. The number of hydrogen-bond donors (Lipinski definition) is 1. The predicted octanol–water partition coefficient (Wildman–Crippen LogP) is 3.48.